The number of alkyl halides is 1. The lowest BCUT2D eigenvalue weighted by molar-refractivity contribution is -0.172. The Labute approximate surface area is 193 Å². The summed E-state index contributed by atoms with van der Waals surface area (Å²) in [4.78, 5) is 30.7. The number of carbonyl (C=O) groups is 1. The van der Waals surface area contributed by atoms with Crippen LogP contribution in [0.4, 0.5) is 0 Å². The average molecular weight is 471 g/mol. The van der Waals surface area contributed by atoms with Crippen molar-refractivity contribution >= 4 is 40.1 Å². The van der Waals surface area contributed by atoms with Crippen molar-refractivity contribution < 1.29 is 14.6 Å². The normalized spacial score (nSPS) is 20.7. The number of cyclic esters (lactones) is 1. The molecule has 2 aliphatic heterocycles. The van der Waals surface area contributed by atoms with Crippen LogP contribution in [0.5, 0.6) is 0 Å². The minimum Gasteiger partial charge on any atom is -0.458 e. The zero-order chi connectivity index (χ0) is 22.4. The molecule has 0 amide bonds. The number of esters is 1. The van der Waals surface area contributed by atoms with Gasteiger partial charge in [0.15, 0.2) is 5.60 Å². The third-order valence-corrected chi connectivity index (χ3v) is 7.85. The summed E-state index contributed by atoms with van der Waals surface area (Å²) < 4.78 is 6.79. The molecule has 0 unspecified atom stereocenters. The second-order valence-corrected chi connectivity index (χ2v) is 9.39. The van der Waals surface area contributed by atoms with Gasteiger partial charge in [-0.15, -0.1) is 11.6 Å². The van der Waals surface area contributed by atoms with Gasteiger partial charge < -0.3 is 14.4 Å². The number of pyridine rings is 2. The van der Waals surface area contributed by atoms with Gasteiger partial charge in [0.1, 0.15) is 6.61 Å². The quantitative estimate of drug-likeness (QED) is 0.354. The van der Waals surface area contributed by atoms with Gasteiger partial charge in [0.05, 0.1) is 29.0 Å². The number of halogens is 2. The number of aromatic nitrogens is 2. The molecule has 0 saturated carbocycles. The molecule has 1 N–H and O–H groups in total. The Morgan fingerprint density at radius 1 is 1.19 bits per heavy atom. The summed E-state index contributed by atoms with van der Waals surface area (Å²) in [6.45, 7) is 1.89. The Bertz CT molecular complexity index is 1430. The van der Waals surface area contributed by atoms with Gasteiger partial charge in [-0.2, -0.15) is 0 Å². The molecule has 8 heteroatoms. The minimum absolute atomic E-state index is 0.106. The summed E-state index contributed by atoms with van der Waals surface area (Å²) in [6, 6.07) is 3.61. The highest BCUT2D eigenvalue weighted by molar-refractivity contribution is 6.32. The average Bonchev–Trinajstić information content (AvgIpc) is 3.41. The van der Waals surface area contributed by atoms with Crippen LogP contribution >= 0.6 is 23.2 Å². The summed E-state index contributed by atoms with van der Waals surface area (Å²) in [6.07, 6.45) is 3.03. The van der Waals surface area contributed by atoms with Crippen molar-refractivity contribution in [3.8, 4) is 11.4 Å². The number of nitrogens with zero attached hydrogens (tertiary/aromatic N) is 2. The highest BCUT2D eigenvalue weighted by Gasteiger charge is 2.45. The minimum atomic E-state index is -1.85. The molecule has 0 radical (unpaired) electrons. The first-order valence-electron chi connectivity index (χ1n) is 10.8. The molecular formula is C24H20Cl2N2O4. The van der Waals surface area contributed by atoms with E-state index in [9.17, 15) is 14.7 Å². The molecule has 3 aliphatic rings. The van der Waals surface area contributed by atoms with Gasteiger partial charge in [-0.25, -0.2) is 9.78 Å². The summed E-state index contributed by atoms with van der Waals surface area (Å²) in [5, 5.41) is 12.8. The van der Waals surface area contributed by atoms with Gasteiger partial charge in [0.2, 0.25) is 0 Å². The van der Waals surface area contributed by atoms with E-state index in [-0.39, 0.29) is 18.6 Å². The first kappa shape index (κ1) is 20.2. The van der Waals surface area contributed by atoms with E-state index in [1.165, 1.54) is 11.1 Å². The molecule has 3 aromatic rings. The number of carbonyl (C=O) groups excluding carboxylic acids is 1. The van der Waals surface area contributed by atoms with Crippen LogP contribution in [0, 0.1) is 0 Å². The zero-order valence-corrected chi connectivity index (χ0v) is 18.9. The van der Waals surface area contributed by atoms with Crippen molar-refractivity contribution in [2.24, 2.45) is 0 Å². The number of ether oxygens (including phenoxy) is 1. The smallest absolute Gasteiger partial charge is 0.343 e. The van der Waals surface area contributed by atoms with Crippen molar-refractivity contribution in [2.45, 2.75) is 57.2 Å². The van der Waals surface area contributed by atoms with Crippen LogP contribution in [0.2, 0.25) is 5.02 Å². The maximum absolute atomic E-state index is 13.4. The Morgan fingerprint density at radius 3 is 2.72 bits per heavy atom. The molecule has 164 valence electrons. The van der Waals surface area contributed by atoms with Crippen LogP contribution in [0.1, 0.15) is 53.1 Å². The second-order valence-electron chi connectivity index (χ2n) is 8.72. The van der Waals surface area contributed by atoms with Crippen molar-refractivity contribution in [2.75, 3.05) is 0 Å². The number of hydrogen-bond donors (Lipinski definition) is 1. The molecule has 32 heavy (non-hydrogen) atoms. The Balaban J connectivity index is 1.68. The Morgan fingerprint density at radius 2 is 1.97 bits per heavy atom. The fourth-order valence-corrected chi connectivity index (χ4v) is 6.17. The highest BCUT2D eigenvalue weighted by atomic mass is 35.5. The highest BCUT2D eigenvalue weighted by Crippen LogP contribution is 2.43. The van der Waals surface area contributed by atoms with Crippen molar-refractivity contribution in [3.63, 3.8) is 0 Å². The second kappa shape index (κ2) is 6.80. The maximum atomic E-state index is 13.4. The number of rotatable bonds is 2. The van der Waals surface area contributed by atoms with E-state index in [0.717, 1.165) is 41.3 Å². The van der Waals surface area contributed by atoms with Crippen LogP contribution in [0.15, 0.2) is 16.9 Å². The van der Waals surface area contributed by atoms with Crippen LogP contribution in [0.25, 0.3) is 22.3 Å². The Kier molecular flexibility index (Phi) is 4.29. The molecule has 4 heterocycles. The van der Waals surface area contributed by atoms with Crippen molar-refractivity contribution in [1.29, 1.82) is 0 Å². The standard InChI is InChI=1S/C24H20Cl2N2O4/c1-2-24(31)16-6-19-21-14(9-28(19)22(29)15(16)10-32-23(24)30)13(8-25)20-12-5-3-4-11(12)17(26)7-18(20)27-21/h6-7,31H,2-5,8-10H2,1H3/t24-/m0/s1. The van der Waals surface area contributed by atoms with Gasteiger partial charge in [-0.05, 0) is 54.5 Å². The van der Waals surface area contributed by atoms with Crippen LogP contribution in [-0.4, -0.2) is 20.6 Å². The fourth-order valence-electron chi connectivity index (χ4n) is 5.56. The van der Waals surface area contributed by atoms with Crippen LogP contribution in [0.3, 0.4) is 0 Å². The molecule has 1 aliphatic carbocycles. The first-order chi connectivity index (χ1) is 15.4. The largest absolute Gasteiger partial charge is 0.458 e. The molecule has 6 rings (SSSR count). The predicted octanol–water partition coefficient (Wildman–Crippen LogP) is 3.96. The monoisotopic (exact) mass is 470 g/mol. The Hall–Kier alpha value is -2.41. The number of hydrogen-bond acceptors (Lipinski definition) is 5. The van der Waals surface area contributed by atoms with Crippen molar-refractivity contribution in [1.82, 2.24) is 9.55 Å². The SMILES string of the molecule is CC[C@@]1(O)C(=O)OCc2c1cc1n(c2=O)Cc2c-1nc1cc(Cl)c3c(c1c2CCl)CCC3. The summed E-state index contributed by atoms with van der Waals surface area (Å²) >= 11 is 13.0. The third kappa shape index (κ3) is 2.43. The summed E-state index contributed by atoms with van der Waals surface area (Å²) in [5.74, 6) is -0.441. The van der Waals surface area contributed by atoms with E-state index in [1.807, 2.05) is 6.07 Å². The van der Waals surface area contributed by atoms with Crippen molar-refractivity contribution in [3.05, 3.63) is 60.9 Å². The predicted molar refractivity (Wildman–Crippen MR) is 121 cm³/mol. The van der Waals surface area contributed by atoms with Gasteiger partial charge in [-0.1, -0.05) is 18.5 Å². The molecule has 0 bridgehead atoms. The fraction of sp³-hybridized carbons (Fsp3) is 0.375. The van der Waals surface area contributed by atoms with E-state index in [0.29, 0.717) is 40.0 Å². The van der Waals surface area contributed by atoms with E-state index in [1.54, 1.807) is 17.6 Å². The van der Waals surface area contributed by atoms with E-state index in [2.05, 4.69) is 0 Å². The van der Waals surface area contributed by atoms with Gasteiger partial charge in [0.25, 0.3) is 5.56 Å². The lowest BCUT2D eigenvalue weighted by Crippen LogP contribution is -2.44. The van der Waals surface area contributed by atoms with Crippen LogP contribution in [-0.2, 0) is 47.0 Å². The number of aryl methyl sites for hydroxylation is 1. The topological polar surface area (TPSA) is 81.4 Å². The molecule has 1 atom stereocenters. The maximum Gasteiger partial charge on any atom is 0.343 e. The lowest BCUT2D eigenvalue weighted by atomic mass is 9.86. The lowest BCUT2D eigenvalue weighted by Gasteiger charge is -2.31. The molecule has 0 saturated heterocycles. The van der Waals surface area contributed by atoms with E-state index < -0.39 is 11.6 Å². The third-order valence-electron chi connectivity index (χ3n) is 7.25. The number of fused-ring (bicyclic) bond motifs is 7. The van der Waals surface area contributed by atoms with E-state index in [4.69, 9.17) is 32.9 Å². The molecular weight excluding hydrogens is 451 g/mol. The van der Waals surface area contributed by atoms with Gasteiger partial charge >= 0.3 is 5.97 Å². The molecule has 0 spiro atoms. The van der Waals surface area contributed by atoms with Gasteiger partial charge in [0, 0.05) is 27.4 Å². The molecule has 2 aromatic heterocycles. The number of benzene rings is 1. The number of aliphatic hydroxyl groups is 1. The molecule has 6 nitrogen and oxygen atoms in total. The summed E-state index contributed by atoms with van der Waals surface area (Å²) in [5.41, 5.74) is 4.75. The molecule has 0 fully saturated rings. The first-order valence-corrected chi connectivity index (χ1v) is 11.7. The molecule has 1 aromatic carbocycles. The van der Waals surface area contributed by atoms with E-state index >= 15 is 0 Å². The van der Waals surface area contributed by atoms with Gasteiger partial charge in [-0.3, -0.25) is 4.79 Å². The zero-order valence-electron chi connectivity index (χ0n) is 17.4. The van der Waals surface area contributed by atoms with Crippen LogP contribution < -0.4 is 5.56 Å². The summed E-state index contributed by atoms with van der Waals surface area (Å²) in [7, 11) is 0.